The fourth-order valence-corrected chi connectivity index (χ4v) is 1.75. The Hall–Kier alpha value is -2.07. The molecule has 0 aliphatic heterocycles. The molecule has 0 radical (unpaired) electrons. The van der Waals surface area contributed by atoms with E-state index in [0.29, 0.717) is 6.54 Å². The van der Waals surface area contributed by atoms with Crippen molar-refractivity contribution in [2.45, 2.75) is 6.04 Å². The molecule has 1 atom stereocenters. The third-order valence-electron chi connectivity index (χ3n) is 2.75. The number of ether oxygens (including phenoxy) is 1. The van der Waals surface area contributed by atoms with Crippen molar-refractivity contribution in [3.8, 4) is 5.75 Å². The molecule has 1 unspecified atom stereocenters. The molecule has 3 N–H and O–H groups in total. The van der Waals surface area contributed by atoms with Crippen LogP contribution < -0.4 is 15.8 Å². The van der Waals surface area contributed by atoms with Crippen LogP contribution in [-0.4, -0.2) is 18.6 Å². The fraction of sp³-hybridized carbons (Fsp3) is 0.214. The highest BCUT2D eigenvalue weighted by Crippen LogP contribution is 2.20. The van der Waals surface area contributed by atoms with Crippen LogP contribution >= 0.6 is 0 Å². The second-order valence-corrected chi connectivity index (χ2v) is 3.95. The average molecular weight is 243 g/mol. The maximum absolute atomic E-state index is 5.79. The molecule has 1 aromatic carbocycles. The first-order chi connectivity index (χ1) is 8.83. The molecule has 0 bridgehead atoms. The van der Waals surface area contributed by atoms with E-state index in [9.17, 15) is 0 Å². The van der Waals surface area contributed by atoms with Crippen molar-refractivity contribution in [2.75, 3.05) is 19.0 Å². The van der Waals surface area contributed by atoms with Crippen molar-refractivity contribution in [3.05, 3.63) is 54.4 Å². The maximum Gasteiger partial charge on any atom is 0.119 e. The fourth-order valence-electron chi connectivity index (χ4n) is 1.75. The molecule has 0 aliphatic rings. The zero-order chi connectivity index (χ0) is 12.8. The van der Waals surface area contributed by atoms with Crippen LogP contribution in [0.1, 0.15) is 11.6 Å². The Bertz CT molecular complexity index is 470. The Morgan fingerprint density at radius 2 is 2.06 bits per heavy atom. The SMILES string of the molecule is COc1ccc(NC(CN)c2cccnc2)cc1. The summed E-state index contributed by atoms with van der Waals surface area (Å²) in [6.07, 6.45) is 3.58. The van der Waals surface area contributed by atoms with Crippen molar-refractivity contribution in [1.29, 1.82) is 0 Å². The van der Waals surface area contributed by atoms with Gasteiger partial charge < -0.3 is 15.8 Å². The van der Waals surface area contributed by atoms with Gasteiger partial charge >= 0.3 is 0 Å². The normalized spacial score (nSPS) is 11.9. The first-order valence-corrected chi connectivity index (χ1v) is 5.84. The highest BCUT2D eigenvalue weighted by molar-refractivity contribution is 5.48. The van der Waals surface area contributed by atoms with Crippen LogP contribution in [0.5, 0.6) is 5.75 Å². The number of hydrogen-bond donors (Lipinski definition) is 2. The van der Waals surface area contributed by atoms with Gasteiger partial charge in [0.1, 0.15) is 5.75 Å². The van der Waals surface area contributed by atoms with Crippen molar-refractivity contribution >= 4 is 5.69 Å². The molecule has 4 heteroatoms. The number of nitrogens with two attached hydrogens (primary N) is 1. The largest absolute Gasteiger partial charge is 0.497 e. The van der Waals surface area contributed by atoms with Crippen molar-refractivity contribution < 1.29 is 4.74 Å². The Balaban J connectivity index is 2.10. The molecule has 18 heavy (non-hydrogen) atoms. The maximum atomic E-state index is 5.79. The molecular weight excluding hydrogens is 226 g/mol. The molecule has 1 heterocycles. The first kappa shape index (κ1) is 12.4. The van der Waals surface area contributed by atoms with Crippen LogP contribution in [0.2, 0.25) is 0 Å². The van der Waals surface area contributed by atoms with Crippen LogP contribution in [0, 0.1) is 0 Å². The number of methoxy groups -OCH3 is 1. The van der Waals surface area contributed by atoms with Crippen LogP contribution in [0.4, 0.5) is 5.69 Å². The number of aromatic nitrogens is 1. The van der Waals surface area contributed by atoms with E-state index in [1.807, 2.05) is 42.6 Å². The number of pyridine rings is 1. The van der Waals surface area contributed by atoms with Gasteiger partial charge in [-0.2, -0.15) is 0 Å². The zero-order valence-electron chi connectivity index (χ0n) is 10.3. The number of benzene rings is 1. The number of nitrogens with one attached hydrogen (secondary N) is 1. The number of rotatable bonds is 5. The standard InChI is InChI=1S/C14H17N3O/c1-18-13-6-4-12(5-7-13)17-14(9-15)11-3-2-8-16-10-11/h2-8,10,14,17H,9,15H2,1H3. The van der Waals surface area contributed by atoms with Crippen molar-refractivity contribution in [1.82, 2.24) is 4.98 Å². The van der Waals surface area contributed by atoms with E-state index in [-0.39, 0.29) is 6.04 Å². The molecule has 0 amide bonds. The average Bonchev–Trinajstić information content (AvgIpc) is 2.46. The first-order valence-electron chi connectivity index (χ1n) is 5.84. The molecule has 2 rings (SSSR count). The molecule has 0 saturated heterocycles. The van der Waals surface area contributed by atoms with Gasteiger partial charge in [0, 0.05) is 24.6 Å². The minimum absolute atomic E-state index is 0.0621. The minimum atomic E-state index is 0.0621. The molecular formula is C14H17N3O. The third-order valence-corrected chi connectivity index (χ3v) is 2.75. The van der Waals surface area contributed by atoms with Gasteiger partial charge in [-0.3, -0.25) is 4.98 Å². The summed E-state index contributed by atoms with van der Waals surface area (Å²) >= 11 is 0. The van der Waals surface area contributed by atoms with Gasteiger partial charge in [-0.1, -0.05) is 6.07 Å². The summed E-state index contributed by atoms with van der Waals surface area (Å²) in [7, 11) is 1.65. The molecule has 94 valence electrons. The van der Waals surface area contributed by atoms with Crippen LogP contribution in [0.25, 0.3) is 0 Å². The van der Waals surface area contributed by atoms with E-state index in [0.717, 1.165) is 17.0 Å². The summed E-state index contributed by atoms with van der Waals surface area (Å²) in [4.78, 5) is 4.11. The van der Waals surface area contributed by atoms with Gasteiger partial charge in [0.25, 0.3) is 0 Å². The predicted octanol–water partition coefficient (Wildman–Crippen LogP) is 2.20. The van der Waals surface area contributed by atoms with Crippen molar-refractivity contribution in [3.63, 3.8) is 0 Å². The van der Waals surface area contributed by atoms with E-state index in [4.69, 9.17) is 10.5 Å². The zero-order valence-corrected chi connectivity index (χ0v) is 10.3. The second kappa shape index (κ2) is 6.02. The van der Waals surface area contributed by atoms with Crippen LogP contribution in [0.3, 0.4) is 0 Å². The van der Waals surface area contributed by atoms with Gasteiger partial charge in [-0.15, -0.1) is 0 Å². The number of anilines is 1. The Morgan fingerprint density at radius 3 is 2.61 bits per heavy atom. The summed E-state index contributed by atoms with van der Waals surface area (Å²) in [5.74, 6) is 0.839. The molecule has 0 fully saturated rings. The summed E-state index contributed by atoms with van der Waals surface area (Å²) < 4.78 is 5.12. The van der Waals surface area contributed by atoms with E-state index in [1.54, 1.807) is 13.3 Å². The lowest BCUT2D eigenvalue weighted by Crippen LogP contribution is -2.20. The highest BCUT2D eigenvalue weighted by atomic mass is 16.5. The van der Waals surface area contributed by atoms with E-state index >= 15 is 0 Å². The highest BCUT2D eigenvalue weighted by Gasteiger charge is 2.09. The lowest BCUT2D eigenvalue weighted by molar-refractivity contribution is 0.415. The quantitative estimate of drug-likeness (QED) is 0.845. The van der Waals surface area contributed by atoms with Crippen LogP contribution in [-0.2, 0) is 0 Å². The van der Waals surface area contributed by atoms with Gasteiger partial charge in [0.15, 0.2) is 0 Å². The Kier molecular flexibility index (Phi) is 4.15. The van der Waals surface area contributed by atoms with E-state index in [2.05, 4.69) is 10.3 Å². The van der Waals surface area contributed by atoms with Gasteiger partial charge in [-0.25, -0.2) is 0 Å². The van der Waals surface area contributed by atoms with Gasteiger partial charge in [0.2, 0.25) is 0 Å². The second-order valence-electron chi connectivity index (χ2n) is 3.95. The molecule has 4 nitrogen and oxygen atoms in total. The molecule has 0 aliphatic carbocycles. The summed E-state index contributed by atoms with van der Waals surface area (Å²) in [5.41, 5.74) is 7.88. The predicted molar refractivity (Wildman–Crippen MR) is 72.6 cm³/mol. The van der Waals surface area contributed by atoms with Gasteiger partial charge in [0.05, 0.1) is 13.2 Å². The van der Waals surface area contributed by atoms with Crippen LogP contribution in [0.15, 0.2) is 48.8 Å². The lowest BCUT2D eigenvalue weighted by atomic mass is 10.1. The third kappa shape index (κ3) is 2.99. The lowest BCUT2D eigenvalue weighted by Gasteiger charge is -2.18. The number of nitrogens with zero attached hydrogens (tertiary/aromatic N) is 1. The van der Waals surface area contributed by atoms with Gasteiger partial charge in [-0.05, 0) is 35.9 Å². The van der Waals surface area contributed by atoms with Crippen molar-refractivity contribution in [2.24, 2.45) is 5.73 Å². The summed E-state index contributed by atoms with van der Waals surface area (Å²) in [5, 5.41) is 3.38. The molecule has 0 saturated carbocycles. The Morgan fingerprint density at radius 1 is 1.28 bits per heavy atom. The van der Waals surface area contributed by atoms with E-state index in [1.165, 1.54) is 0 Å². The molecule has 0 spiro atoms. The summed E-state index contributed by atoms with van der Waals surface area (Å²) in [6, 6.07) is 11.8. The summed E-state index contributed by atoms with van der Waals surface area (Å²) in [6.45, 7) is 0.512. The topological polar surface area (TPSA) is 60.2 Å². The monoisotopic (exact) mass is 243 g/mol. The Labute approximate surface area is 107 Å². The van der Waals surface area contributed by atoms with E-state index < -0.39 is 0 Å². The smallest absolute Gasteiger partial charge is 0.119 e. The minimum Gasteiger partial charge on any atom is -0.497 e. The number of hydrogen-bond acceptors (Lipinski definition) is 4. The molecule has 1 aromatic heterocycles. The molecule has 2 aromatic rings.